The number of hydrogen-bond donors (Lipinski definition) is 1. The molecule has 0 aromatic heterocycles. The van der Waals surface area contributed by atoms with Gasteiger partial charge in [0.15, 0.2) is 0 Å². The largest absolute Gasteiger partial charge is 0.343 e. The molecule has 4 heteroatoms. The lowest BCUT2D eigenvalue weighted by Crippen LogP contribution is -2.61. The van der Waals surface area contributed by atoms with Gasteiger partial charge >= 0.3 is 0 Å². The first-order valence-corrected chi connectivity index (χ1v) is 7.81. The van der Waals surface area contributed by atoms with E-state index in [2.05, 4.69) is 23.5 Å². The average molecular weight is 286 g/mol. The van der Waals surface area contributed by atoms with Crippen LogP contribution in [0.1, 0.15) is 43.4 Å². The Kier molecular flexibility index (Phi) is 3.70. The number of aryl methyl sites for hydroxylation is 2. The first-order valence-electron chi connectivity index (χ1n) is 7.81. The molecule has 1 aromatic carbocycles. The highest BCUT2D eigenvalue weighted by atomic mass is 16.2. The summed E-state index contributed by atoms with van der Waals surface area (Å²) in [5.41, 5.74) is 3.96. The molecule has 0 saturated carbocycles. The molecule has 2 atom stereocenters. The van der Waals surface area contributed by atoms with Crippen LogP contribution in [0.4, 0.5) is 0 Å². The Morgan fingerprint density at radius 3 is 2.76 bits per heavy atom. The zero-order valence-corrected chi connectivity index (χ0v) is 12.7. The number of nitrogens with zero attached hydrogens (tertiary/aromatic N) is 1. The molecule has 1 fully saturated rings. The zero-order valence-electron chi connectivity index (χ0n) is 12.7. The van der Waals surface area contributed by atoms with Crippen LogP contribution in [0, 0.1) is 0 Å². The van der Waals surface area contributed by atoms with Crippen molar-refractivity contribution in [2.75, 3.05) is 0 Å². The van der Waals surface area contributed by atoms with Crippen LogP contribution in [-0.4, -0.2) is 28.8 Å². The summed E-state index contributed by atoms with van der Waals surface area (Å²) in [7, 11) is 0. The van der Waals surface area contributed by atoms with E-state index in [4.69, 9.17) is 0 Å². The van der Waals surface area contributed by atoms with Crippen LogP contribution in [-0.2, 0) is 29.0 Å². The van der Waals surface area contributed by atoms with Gasteiger partial charge in [-0.1, -0.05) is 25.1 Å². The second-order valence-corrected chi connectivity index (χ2v) is 6.07. The van der Waals surface area contributed by atoms with Crippen molar-refractivity contribution in [1.29, 1.82) is 0 Å². The smallest absolute Gasteiger partial charge is 0.246 e. The predicted molar refractivity (Wildman–Crippen MR) is 80.7 cm³/mol. The Morgan fingerprint density at radius 2 is 2.00 bits per heavy atom. The Bertz CT molecular complexity index is 582. The lowest BCUT2D eigenvalue weighted by Gasteiger charge is -2.37. The van der Waals surface area contributed by atoms with Crippen molar-refractivity contribution in [2.45, 2.75) is 58.2 Å². The van der Waals surface area contributed by atoms with E-state index in [9.17, 15) is 9.59 Å². The van der Waals surface area contributed by atoms with E-state index in [0.717, 1.165) is 18.4 Å². The van der Waals surface area contributed by atoms with Gasteiger partial charge in [-0.05, 0) is 49.3 Å². The van der Waals surface area contributed by atoms with Crippen LogP contribution in [0.25, 0.3) is 0 Å². The molecule has 1 saturated heterocycles. The highest BCUT2D eigenvalue weighted by molar-refractivity contribution is 5.96. The fourth-order valence-corrected chi connectivity index (χ4v) is 3.30. The Balaban J connectivity index is 1.81. The number of rotatable bonds is 3. The Hall–Kier alpha value is -1.84. The summed E-state index contributed by atoms with van der Waals surface area (Å²) >= 11 is 0. The normalized spacial score (nSPS) is 25.0. The summed E-state index contributed by atoms with van der Waals surface area (Å²) in [6.45, 7) is 4.25. The van der Waals surface area contributed by atoms with Crippen LogP contribution >= 0.6 is 0 Å². The topological polar surface area (TPSA) is 49.4 Å². The molecule has 1 aliphatic heterocycles. The molecule has 21 heavy (non-hydrogen) atoms. The molecule has 0 radical (unpaired) electrons. The highest BCUT2D eigenvalue weighted by Crippen LogP contribution is 2.24. The maximum Gasteiger partial charge on any atom is 0.246 e. The molecule has 4 nitrogen and oxygen atoms in total. The van der Waals surface area contributed by atoms with E-state index in [1.807, 2.05) is 6.92 Å². The number of carbonyl (C=O) groups excluding carboxylic acids is 2. The third-order valence-electron chi connectivity index (χ3n) is 4.67. The number of amides is 2. The molecular weight excluding hydrogens is 264 g/mol. The number of hydrogen-bond acceptors (Lipinski definition) is 2. The van der Waals surface area contributed by atoms with E-state index < -0.39 is 6.04 Å². The molecule has 0 spiro atoms. The molecule has 2 amide bonds. The predicted octanol–water partition coefficient (Wildman–Crippen LogP) is 1.80. The van der Waals surface area contributed by atoms with Gasteiger partial charge in [-0.25, -0.2) is 0 Å². The van der Waals surface area contributed by atoms with Crippen molar-refractivity contribution >= 4 is 11.8 Å². The van der Waals surface area contributed by atoms with Gasteiger partial charge in [0.2, 0.25) is 11.8 Å². The summed E-state index contributed by atoms with van der Waals surface area (Å²) < 4.78 is 0. The Morgan fingerprint density at radius 1 is 1.24 bits per heavy atom. The van der Waals surface area contributed by atoms with Gasteiger partial charge in [0.1, 0.15) is 12.1 Å². The lowest BCUT2D eigenvalue weighted by atomic mass is 10.0. The number of benzene rings is 1. The second-order valence-electron chi connectivity index (χ2n) is 6.07. The maximum absolute atomic E-state index is 12.5. The molecule has 112 valence electrons. The molecular formula is C17H22N2O2. The molecule has 1 N–H and O–H groups in total. The van der Waals surface area contributed by atoms with Crippen LogP contribution in [0.3, 0.4) is 0 Å². The van der Waals surface area contributed by atoms with Gasteiger partial charge in [0.25, 0.3) is 0 Å². The van der Waals surface area contributed by atoms with Crippen LogP contribution in [0.5, 0.6) is 0 Å². The summed E-state index contributed by atoms with van der Waals surface area (Å²) in [5, 5.41) is 2.79. The minimum atomic E-state index is -0.395. The first kappa shape index (κ1) is 14.1. The van der Waals surface area contributed by atoms with Gasteiger partial charge < -0.3 is 10.2 Å². The molecule has 0 bridgehead atoms. The van der Waals surface area contributed by atoms with Crippen LogP contribution < -0.4 is 5.32 Å². The SMILES string of the molecule is CCC1NC(=O)C(C)N(Cc2ccc3c(c2)CCC3)C1=O. The van der Waals surface area contributed by atoms with E-state index in [0.29, 0.717) is 13.0 Å². The van der Waals surface area contributed by atoms with Crippen molar-refractivity contribution in [3.63, 3.8) is 0 Å². The third kappa shape index (κ3) is 2.55. The fourth-order valence-electron chi connectivity index (χ4n) is 3.30. The summed E-state index contributed by atoms with van der Waals surface area (Å²) in [4.78, 5) is 26.2. The van der Waals surface area contributed by atoms with Crippen molar-refractivity contribution in [3.05, 3.63) is 34.9 Å². The van der Waals surface area contributed by atoms with Gasteiger partial charge in [0, 0.05) is 6.54 Å². The molecule has 1 aliphatic carbocycles. The standard InChI is InChI=1S/C17H22N2O2/c1-3-15-17(21)19(11(2)16(20)18-15)10-12-7-8-13-5-4-6-14(13)9-12/h7-9,11,15H,3-6,10H2,1-2H3,(H,18,20). The molecule has 2 aliphatic rings. The number of piperazine rings is 1. The van der Waals surface area contributed by atoms with Crippen molar-refractivity contribution in [2.24, 2.45) is 0 Å². The van der Waals surface area contributed by atoms with E-state index in [-0.39, 0.29) is 17.9 Å². The molecule has 1 aromatic rings. The van der Waals surface area contributed by atoms with E-state index >= 15 is 0 Å². The third-order valence-corrected chi connectivity index (χ3v) is 4.67. The molecule has 2 unspecified atom stereocenters. The zero-order chi connectivity index (χ0) is 15.0. The van der Waals surface area contributed by atoms with Gasteiger partial charge in [-0.2, -0.15) is 0 Å². The van der Waals surface area contributed by atoms with Gasteiger partial charge in [0.05, 0.1) is 0 Å². The van der Waals surface area contributed by atoms with Crippen molar-refractivity contribution < 1.29 is 9.59 Å². The quantitative estimate of drug-likeness (QED) is 0.921. The minimum absolute atomic E-state index is 0.0325. The lowest BCUT2D eigenvalue weighted by molar-refractivity contribution is -0.149. The highest BCUT2D eigenvalue weighted by Gasteiger charge is 2.37. The minimum Gasteiger partial charge on any atom is -0.343 e. The number of fused-ring (bicyclic) bond motifs is 1. The summed E-state index contributed by atoms with van der Waals surface area (Å²) in [5.74, 6) is -0.0206. The monoisotopic (exact) mass is 286 g/mol. The van der Waals surface area contributed by atoms with Crippen LogP contribution in [0.15, 0.2) is 18.2 Å². The fraction of sp³-hybridized carbons (Fsp3) is 0.529. The summed E-state index contributed by atoms with van der Waals surface area (Å²) in [6, 6.07) is 5.71. The number of carbonyl (C=O) groups is 2. The van der Waals surface area contributed by atoms with Gasteiger partial charge in [-0.3, -0.25) is 9.59 Å². The molecule has 1 heterocycles. The Labute approximate surface area is 125 Å². The van der Waals surface area contributed by atoms with Crippen molar-refractivity contribution in [3.8, 4) is 0 Å². The van der Waals surface area contributed by atoms with Crippen LogP contribution in [0.2, 0.25) is 0 Å². The second kappa shape index (κ2) is 5.51. The van der Waals surface area contributed by atoms with Gasteiger partial charge in [-0.15, -0.1) is 0 Å². The van der Waals surface area contributed by atoms with E-state index in [1.54, 1.807) is 11.8 Å². The summed E-state index contributed by atoms with van der Waals surface area (Å²) in [6.07, 6.45) is 4.15. The van der Waals surface area contributed by atoms with E-state index in [1.165, 1.54) is 17.5 Å². The average Bonchev–Trinajstić information content (AvgIpc) is 2.95. The number of nitrogens with one attached hydrogen (secondary N) is 1. The maximum atomic E-state index is 12.5. The first-order chi connectivity index (χ1) is 10.1. The molecule has 3 rings (SSSR count). The van der Waals surface area contributed by atoms with Crippen molar-refractivity contribution in [1.82, 2.24) is 10.2 Å².